The van der Waals surface area contributed by atoms with E-state index in [1.165, 1.54) is 33.4 Å². The highest BCUT2D eigenvalue weighted by Crippen LogP contribution is 2.40. The Morgan fingerprint density at radius 2 is 1.50 bits per heavy atom. The van der Waals surface area contributed by atoms with Crippen molar-refractivity contribution in [2.45, 2.75) is 13.8 Å². The first-order valence-electron chi connectivity index (χ1n) is 11.5. The lowest BCUT2D eigenvalue weighted by Crippen LogP contribution is -2.17. The highest BCUT2D eigenvalue weighted by atomic mass is 16.3. The quantitative estimate of drug-likeness (QED) is 0.157. The topological polar surface area (TPSA) is 14.3 Å². The maximum absolute atomic E-state index is 6.48. The van der Waals surface area contributed by atoms with Crippen LogP contribution >= 0.6 is 0 Å². The number of hydrogen-bond donors (Lipinski definition) is 0. The number of benzene rings is 4. The Kier molecular flexibility index (Phi) is 4.74. The number of allylic oxidation sites excluding steroid dienone is 2. The van der Waals surface area contributed by atoms with E-state index in [2.05, 4.69) is 112 Å². The average Bonchev–Trinajstić information content (AvgIpc) is 3.24. The maximum Gasteiger partial charge on any atom is 0.278 e. The third kappa shape index (κ3) is 3.27. The minimum absolute atomic E-state index is 0.898. The molecule has 2 heteroatoms. The molecule has 4 aromatic carbocycles. The third-order valence-corrected chi connectivity index (χ3v) is 6.67. The summed E-state index contributed by atoms with van der Waals surface area (Å²) < 4.78 is 8.45. The molecule has 164 valence electrons. The van der Waals surface area contributed by atoms with Crippen LogP contribution in [0.1, 0.15) is 23.6 Å². The molecule has 0 radical (unpaired) electrons. The molecule has 0 atom stereocenters. The molecule has 0 N–H and O–H groups in total. The molecule has 6 rings (SSSR count). The van der Waals surface area contributed by atoms with Gasteiger partial charge in [-0.1, -0.05) is 103 Å². The van der Waals surface area contributed by atoms with Gasteiger partial charge >= 0.3 is 0 Å². The van der Waals surface area contributed by atoms with Gasteiger partial charge in [0.25, 0.3) is 11.2 Å². The summed E-state index contributed by atoms with van der Waals surface area (Å²) in [6.07, 6.45) is 4.34. The van der Waals surface area contributed by atoms with Gasteiger partial charge in [0, 0.05) is 0 Å². The number of furan rings is 1. The smallest absolute Gasteiger partial charge is 0.278 e. The molecule has 0 spiro atoms. The second kappa shape index (κ2) is 7.93. The highest BCUT2D eigenvalue weighted by molar-refractivity contribution is 6.08. The standard InChI is InChI=1S/C32H25NO/c1-21-14-16-26-27-19-25(23-10-6-4-7-11-23)15-17-30(27)34-32(26)31(21)29-18-22(2)28(20-33(29)3)24-12-8-5-9-13-24/h4-20H,3H2,1-2H3. The van der Waals surface area contributed by atoms with E-state index in [9.17, 15) is 0 Å². The molecule has 0 amide bonds. The molecule has 0 aliphatic carbocycles. The normalized spacial score (nSPS) is 13.9. The van der Waals surface area contributed by atoms with E-state index in [0.717, 1.165) is 33.5 Å². The first-order valence-corrected chi connectivity index (χ1v) is 11.5. The van der Waals surface area contributed by atoms with Gasteiger partial charge in [-0.05, 0) is 39.6 Å². The van der Waals surface area contributed by atoms with Gasteiger partial charge < -0.3 is 0 Å². The van der Waals surface area contributed by atoms with E-state index in [1.54, 1.807) is 0 Å². The van der Waals surface area contributed by atoms with Gasteiger partial charge in [-0.15, -0.1) is 12.1 Å². The van der Waals surface area contributed by atoms with Crippen molar-refractivity contribution in [3.63, 3.8) is 0 Å². The summed E-state index contributed by atoms with van der Waals surface area (Å²) in [5.41, 5.74) is 10.0. The van der Waals surface area contributed by atoms with E-state index in [1.807, 2.05) is 16.7 Å². The van der Waals surface area contributed by atoms with Crippen molar-refractivity contribution in [3.8, 4) is 11.1 Å². The first-order chi connectivity index (χ1) is 16.6. The summed E-state index contributed by atoms with van der Waals surface area (Å²) in [6.45, 7) is 8.65. The zero-order valence-corrected chi connectivity index (χ0v) is 19.4. The summed E-state index contributed by atoms with van der Waals surface area (Å²) in [5, 5.41) is 2.25. The first kappa shape index (κ1) is 20.3. The van der Waals surface area contributed by atoms with Crippen LogP contribution in [0.5, 0.6) is 0 Å². The van der Waals surface area contributed by atoms with Gasteiger partial charge in [-0.3, -0.25) is 8.99 Å². The predicted octanol–water partition coefficient (Wildman–Crippen LogP) is 8.16. The Hall–Kier alpha value is -4.30. The number of fused-ring (bicyclic) bond motifs is 3. The molecule has 1 aliphatic rings. The van der Waals surface area contributed by atoms with E-state index in [-0.39, 0.29) is 0 Å². The Morgan fingerprint density at radius 3 is 2.24 bits per heavy atom. The highest BCUT2D eigenvalue weighted by Gasteiger charge is 2.28. The van der Waals surface area contributed by atoms with Crippen molar-refractivity contribution in [1.29, 1.82) is 0 Å². The fraction of sp³-hybridized carbons (Fsp3) is 0.0625. The molecule has 5 aromatic rings. The Morgan fingerprint density at radius 1 is 0.794 bits per heavy atom. The lowest BCUT2D eigenvalue weighted by atomic mass is 9.90. The third-order valence-electron chi connectivity index (χ3n) is 6.67. The van der Waals surface area contributed by atoms with Crippen molar-refractivity contribution in [3.05, 3.63) is 132 Å². The molecule has 0 unspecified atom stereocenters. The van der Waals surface area contributed by atoms with Crippen molar-refractivity contribution in [1.82, 2.24) is 0 Å². The van der Waals surface area contributed by atoms with Gasteiger partial charge in [0.15, 0.2) is 6.04 Å². The molecule has 0 saturated carbocycles. The van der Waals surface area contributed by atoms with Crippen LogP contribution < -0.4 is 0 Å². The Bertz CT molecular complexity index is 1620. The van der Waals surface area contributed by atoms with Crippen LogP contribution in [-0.2, 0) is 0 Å². The fourth-order valence-electron chi connectivity index (χ4n) is 4.90. The van der Waals surface area contributed by atoms with Crippen LogP contribution in [0.15, 0.2) is 113 Å². The van der Waals surface area contributed by atoms with E-state index in [4.69, 9.17) is 4.42 Å². The number of aryl methyl sites for hydroxylation is 1. The molecule has 0 saturated heterocycles. The second-order valence-electron chi connectivity index (χ2n) is 8.90. The molecule has 2 nitrogen and oxygen atoms in total. The average molecular weight is 440 g/mol. The summed E-state index contributed by atoms with van der Waals surface area (Å²) in [4.78, 5) is 0. The lowest BCUT2D eigenvalue weighted by Gasteiger charge is -2.23. The van der Waals surface area contributed by atoms with Crippen molar-refractivity contribution >= 4 is 34.2 Å². The summed E-state index contributed by atoms with van der Waals surface area (Å²) in [7, 11) is 0. The van der Waals surface area contributed by atoms with Crippen LogP contribution in [0.4, 0.5) is 0 Å². The SMILES string of the molecule is C=[N+]1C=C(c2ccccc2)C(C)=C[C-]1c1c(C)ccc2c1[o+][c-]1ccc(-c3ccccc3)cc21. The van der Waals surface area contributed by atoms with Gasteiger partial charge in [0.05, 0.1) is 12.3 Å². The van der Waals surface area contributed by atoms with Crippen LogP contribution in [0.25, 0.3) is 38.6 Å². The van der Waals surface area contributed by atoms with Gasteiger partial charge in [0.2, 0.25) is 0 Å². The van der Waals surface area contributed by atoms with Crippen LogP contribution in [-0.4, -0.2) is 11.3 Å². The maximum atomic E-state index is 6.48. The minimum atomic E-state index is 0.898. The Labute approximate surface area is 199 Å². The fourth-order valence-corrected chi connectivity index (χ4v) is 4.90. The molecule has 0 fully saturated rings. The molecular formula is C32H25NO. The number of nitrogens with zero attached hydrogens (tertiary/aromatic N) is 1. The zero-order chi connectivity index (χ0) is 23.2. The van der Waals surface area contributed by atoms with E-state index < -0.39 is 0 Å². The molecule has 1 aliphatic heterocycles. The zero-order valence-electron chi connectivity index (χ0n) is 19.4. The van der Waals surface area contributed by atoms with Crippen LogP contribution in [0.2, 0.25) is 0 Å². The monoisotopic (exact) mass is 439 g/mol. The summed E-state index contributed by atoms with van der Waals surface area (Å²) in [6, 6.07) is 32.8. The molecular weight excluding hydrogens is 414 g/mol. The number of hydrogen-bond acceptors (Lipinski definition) is 0. The van der Waals surface area contributed by atoms with Crippen LogP contribution in [0.3, 0.4) is 0 Å². The van der Waals surface area contributed by atoms with Gasteiger partial charge in [-0.25, -0.2) is 0 Å². The van der Waals surface area contributed by atoms with Crippen molar-refractivity contribution in [2.75, 3.05) is 0 Å². The minimum Gasteiger partial charge on any atom is -0.286 e. The second-order valence-corrected chi connectivity index (χ2v) is 8.90. The van der Waals surface area contributed by atoms with Crippen LogP contribution in [0, 0.1) is 13.0 Å². The predicted molar refractivity (Wildman–Crippen MR) is 142 cm³/mol. The summed E-state index contributed by atoms with van der Waals surface area (Å²) in [5.74, 6) is 0. The van der Waals surface area contributed by atoms with Crippen molar-refractivity contribution in [2.24, 2.45) is 0 Å². The lowest BCUT2D eigenvalue weighted by molar-refractivity contribution is -0.416. The Balaban J connectivity index is 1.49. The number of rotatable bonds is 3. The molecule has 2 heterocycles. The van der Waals surface area contributed by atoms with Crippen molar-refractivity contribution < 1.29 is 8.99 Å². The van der Waals surface area contributed by atoms with Gasteiger partial charge in [0.1, 0.15) is 6.20 Å². The largest absolute Gasteiger partial charge is 0.286 e. The van der Waals surface area contributed by atoms with Gasteiger partial charge in [-0.2, -0.15) is 0 Å². The molecule has 0 bridgehead atoms. The molecule has 34 heavy (non-hydrogen) atoms. The summed E-state index contributed by atoms with van der Waals surface area (Å²) >= 11 is 0. The van der Waals surface area contributed by atoms with E-state index in [0.29, 0.717) is 0 Å². The van der Waals surface area contributed by atoms with E-state index >= 15 is 0 Å². The molecule has 1 aromatic heterocycles.